The highest BCUT2D eigenvalue weighted by molar-refractivity contribution is 4.79. The molecule has 0 bridgehead atoms. The Kier molecular flexibility index (Phi) is 1.59. The minimum Gasteiger partial charge on any atom is -0.0625 e. The fourth-order valence-corrected chi connectivity index (χ4v) is 1.17. The number of rotatable bonds is 2. The third kappa shape index (κ3) is 1.24. The molecule has 0 nitrogen and oxygen atoms in total. The lowest BCUT2D eigenvalue weighted by Crippen LogP contribution is -2.04. The fraction of sp³-hybridized carbons (Fsp3) is 1.00. The van der Waals surface area contributed by atoms with Crippen LogP contribution in [0.15, 0.2) is 0 Å². The van der Waals surface area contributed by atoms with Crippen LogP contribution in [0.25, 0.3) is 0 Å². The smallest absolute Gasteiger partial charge is 0.0386 e. The van der Waals surface area contributed by atoms with Gasteiger partial charge in [-0.1, -0.05) is 20.8 Å². The molecule has 1 aliphatic carbocycles. The topological polar surface area (TPSA) is 0 Å². The van der Waals surface area contributed by atoms with Gasteiger partial charge in [0, 0.05) is 0 Å². The molecule has 1 aliphatic rings. The van der Waals surface area contributed by atoms with Crippen molar-refractivity contribution in [2.24, 2.45) is 17.8 Å². The minimum absolute atomic E-state index is 0.905. The second-order valence-corrected chi connectivity index (χ2v) is 3.44. The monoisotopic (exact) mass is 112 g/mol. The largest absolute Gasteiger partial charge is 0.0625 e. The van der Waals surface area contributed by atoms with Crippen LogP contribution in [0, 0.1) is 17.8 Å². The van der Waals surface area contributed by atoms with Crippen molar-refractivity contribution in [2.75, 3.05) is 0 Å². The Balaban J connectivity index is 2.22. The lowest BCUT2D eigenvalue weighted by molar-refractivity contribution is 0.372. The van der Waals surface area contributed by atoms with Gasteiger partial charge in [0.25, 0.3) is 0 Å². The Labute approximate surface area is 52.3 Å². The Morgan fingerprint density at radius 2 is 1.62 bits per heavy atom. The van der Waals surface area contributed by atoms with Crippen molar-refractivity contribution < 1.29 is 0 Å². The molecule has 0 aromatic carbocycles. The summed E-state index contributed by atoms with van der Waals surface area (Å²) in [5.74, 6) is 2.98. The van der Waals surface area contributed by atoms with Gasteiger partial charge in [0.15, 0.2) is 0 Å². The van der Waals surface area contributed by atoms with Crippen molar-refractivity contribution in [3.05, 3.63) is 0 Å². The van der Waals surface area contributed by atoms with Crippen molar-refractivity contribution >= 4 is 0 Å². The van der Waals surface area contributed by atoms with Crippen LogP contribution in [-0.2, 0) is 0 Å². The Hall–Kier alpha value is 0. The van der Waals surface area contributed by atoms with Crippen LogP contribution in [0.2, 0.25) is 0 Å². The zero-order valence-corrected chi connectivity index (χ0v) is 6.15. The number of hydrogen-bond donors (Lipinski definition) is 0. The fourth-order valence-electron chi connectivity index (χ4n) is 1.17. The molecule has 0 amide bonds. The van der Waals surface area contributed by atoms with Crippen LogP contribution < -0.4 is 0 Å². The summed E-state index contributed by atoms with van der Waals surface area (Å²) >= 11 is 0. The molecule has 1 saturated carbocycles. The Morgan fingerprint density at radius 3 is 1.75 bits per heavy atom. The van der Waals surface area contributed by atoms with Crippen LogP contribution in [0.4, 0.5) is 0 Å². The quantitative estimate of drug-likeness (QED) is 0.515. The summed E-state index contributed by atoms with van der Waals surface area (Å²) in [6.45, 7) is 7.02. The van der Waals surface area contributed by atoms with Crippen molar-refractivity contribution in [3.8, 4) is 0 Å². The van der Waals surface area contributed by atoms with Gasteiger partial charge in [-0.05, 0) is 30.6 Å². The average Bonchev–Trinajstić information content (AvgIpc) is 2.43. The van der Waals surface area contributed by atoms with E-state index in [-0.39, 0.29) is 0 Å². The molecule has 48 valence electrons. The molecule has 0 aromatic heterocycles. The third-order valence-electron chi connectivity index (χ3n) is 2.42. The van der Waals surface area contributed by atoms with Gasteiger partial charge >= 0.3 is 0 Å². The molecule has 1 atom stereocenters. The van der Waals surface area contributed by atoms with Gasteiger partial charge in [-0.15, -0.1) is 0 Å². The van der Waals surface area contributed by atoms with Gasteiger partial charge in [0.05, 0.1) is 0 Å². The zero-order chi connectivity index (χ0) is 6.15. The van der Waals surface area contributed by atoms with Crippen molar-refractivity contribution in [3.63, 3.8) is 0 Å². The van der Waals surface area contributed by atoms with E-state index in [0.29, 0.717) is 0 Å². The molecule has 0 heterocycles. The van der Waals surface area contributed by atoms with E-state index in [9.17, 15) is 0 Å². The predicted octanol–water partition coefficient (Wildman–Crippen LogP) is 2.69. The van der Waals surface area contributed by atoms with Crippen LogP contribution in [0.5, 0.6) is 0 Å². The molecular weight excluding hydrogens is 96.1 g/mol. The number of hydrogen-bond acceptors (Lipinski definition) is 0. The molecule has 0 aromatic rings. The van der Waals surface area contributed by atoms with Gasteiger partial charge in [-0.25, -0.2) is 0 Å². The van der Waals surface area contributed by atoms with E-state index in [1.54, 1.807) is 0 Å². The maximum Gasteiger partial charge on any atom is -0.0386 e. The standard InChI is InChI=1S/C8H16/c1-6(2)7(3)8-4-5-8/h6-8H,4-5H2,1-3H3. The molecule has 0 heteroatoms. The summed E-state index contributed by atoms with van der Waals surface area (Å²) in [5, 5.41) is 0. The van der Waals surface area contributed by atoms with Crippen LogP contribution >= 0.6 is 0 Å². The van der Waals surface area contributed by atoms with E-state index in [1.165, 1.54) is 12.8 Å². The highest BCUT2D eigenvalue weighted by Crippen LogP contribution is 2.39. The van der Waals surface area contributed by atoms with Crippen molar-refractivity contribution in [1.29, 1.82) is 0 Å². The summed E-state index contributed by atoms with van der Waals surface area (Å²) in [4.78, 5) is 0. The molecule has 1 fully saturated rings. The highest BCUT2D eigenvalue weighted by Gasteiger charge is 2.29. The molecule has 0 aliphatic heterocycles. The van der Waals surface area contributed by atoms with E-state index in [1.807, 2.05) is 0 Å². The lowest BCUT2D eigenvalue weighted by atomic mass is 9.93. The van der Waals surface area contributed by atoms with E-state index in [2.05, 4.69) is 20.8 Å². The Bertz CT molecular complexity index is 68.1. The molecule has 0 saturated heterocycles. The SMILES string of the molecule is CC(C)C(C)C1CC1. The molecule has 0 radical (unpaired) electrons. The van der Waals surface area contributed by atoms with E-state index in [4.69, 9.17) is 0 Å². The van der Waals surface area contributed by atoms with Crippen LogP contribution in [-0.4, -0.2) is 0 Å². The minimum atomic E-state index is 0.905. The van der Waals surface area contributed by atoms with Gasteiger partial charge < -0.3 is 0 Å². The van der Waals surface area contributed by atoms with Crippen molar-refractivity contribution in [2.45, 2.75) is 33.6 Å². The first kappa shape index (κ1) is 6.12. The summed E-state index contributed by atoms with van der Waals surface area (Å²) in [7, 11) is 0. The third-order valence-corrected chi connectivity index (χ3v) is 2.42. The summed E-state index contributed by atoms with van der Waals surface area (Å²) in [6, 6.07) is 0. The van der Waals surface area contributed by atoms with E-state index >= 15 is 0 Å². The first-order chi connectivity index (χ1) is 3.72. The van der Waals surface area contributed by atoms with Gasteiger partial charge in [-0.3, -0.25) is 0 Å². The van der Waals surface area contributed by atoms with Gasteiger partial charge in [-0.2, -0.15) is 0 Å². The highest BCUT2D eigenvalue weighted by atomic mass is 14.3. The maximum absolute atomic E-state index is 2.38. The molecule has 1 rings (SSSR count). The van der Waals surface area contributed by atoms with E-state index in [0.717, 1.165) is 17.8 Å². The van der Waals surface area contributed by atoms with Crippen LogP contribution in [0.3, 0.4) is 0 Å². The molecule has 0 N–H and O–H groups in total. The van der Waals surface area contributed by atoms with Gasteiger partial charge in [0.2, 0.25) is 0 Å². The Morgan fingerprint density at radius 1 is 1.12 bits per heavy atom. The lowest BCUT2D eigenvalue weighted by Gasteiger charge is -2.12. The molecule has 0 spiro atoms. The van der Waals surface area contributed by atoms with E-state index < -0.39 is 0 Å². The molecule has 1 unspecified atom stereocenters. The van der Waals surface area contributed by atoms with Crippen molar-refractivity contribution in [1.82, 2.24) is 0 Å². The van der Waals surface area contributed by atoms with Crippen LogP contribution in [0.1, 0.15) is 33.6 Å². The first-order valence-electron chi connectivity index (χ1n) is 3.72. The zero-order valence-electron chi connectivity index (χ0n) is 6.15. The first-order valence-corrected chi connectivity index (χ1v) is 3.72. The normalized spacial score (nSPS) is 24.0. The predicted molar refractivity (Wildman–Crippen MR) is 36.7 cm³/mol. The summed E-state index contributed by atoms with van der Waals surface area (Å²) < 4.78 is 0. The maximum atomic E-state index is 2.38. The summed E-state index contributed by atoms with van der Waals surface area (Å²) in [5.41, 5.74) is 0. The second-order valence-electron chi connectivity index (χ2n) is 3.44. The second kappa shape index (κ2) is 2.08. The average molecular weight is 112 g/mol. The van der Waals surface area contributed by atoms with Gasteiger partial charge in [0.1, 0.15) is 0 Å². The molecule has 8 heavy (non-hydrogen) atoms. The summed E-state index contributed by atoms with van der Waals surface area (Å²) in [6.07, 6.45) is 3.00. The molecular formula is C8H16.